The van der Waals surface area contributed by atoms with Crippen molar-refractivity contribution < 1.29 is 14.7 Å². The van der Waals surface area contributed by atoms with Crippen molar-refractivity contribution in [1.29, 1.82) is 0 Å². The van der Waals surface area contributed by atoms with E-state index in [0.29, 0.717) is 11.4 Å². The first kappa shape index (κ1) is 12.7. The maximum atomic E-state index is 12.0. The van der Waals surface area contributed by atoms with Gasteiger partial charge in [-0.2, -0.15) is 0 Å². The zero-order chi connectivity index (χ0) is 13.1. The molecule has 0 aromatic carbocycles. The van der Waals surface area contributed by atoms with E-state index in [-0.39, 0.29) is 10.8 Å². The minimum atomic E-state index is -1.01. The van der Waals surface area contributed by atoms with Gasteiger partial charge in [0, 0.05) is 12.4 Å². The summed E-state index contributed by atoms with van der Waals surface area (Å²) in [6.07, 6.45) is 0. The fourth-order valence-electron chi connectivity index (χ4n) is 1.39. The lowest BCUT2D eigenvalue weighted by Gasteiger charge is -2.14. The van der Waals surface area contributed by atoms with E-state index >= 15 is 0 Å². The molecule has 94 valence electrons. The molecule has 2 heterocycles. The number of thiazole rings is 1. The number of rotatable bonds is 4. The fourth-order valence-corrected chi connectivity index (χ4v) is 2.78. The van der Waals surface area contributed by atoms with Crippen LogP contribution in [0, 0.1) is 0 Å². The molecule has 0 aliphatic heterocycles. The SMILES string of the molecule is CN(Cc1cscn1)C(=O)c1ccc(C(=O)O)s1. The van der Waals surface area contributed by atoms with Crippen molar-refractivity contribution in [3.8, 4) is 0 Å². The molecule has 2 aromatic rings. The van der Waals surface area contributed by atoms with Crippen molar-refractivity contribution in [3.63, 3.8) is 0 Å². The van der Waals surface area contributed by atoms with Gasteiger partial charge in [-0.1, -0.05) is 0 Å². The maximum Gasteiger partial charge on any atom is 0.345 e. The summed E-state index contributed by atoms with van der Waals surface area (Å²) >= 11 is 2.45. The Bertz CT molecular complexity index is 563. The molecule has 1 amide bonds. The van der Waals surface area contributed by atoms with Crippen LogP contribution in [0.1, 0.15) is 25.0 Å². The molecule has 5 nitrogen and oxygen atoms in total. The van der Waals surface area contributed by atoms with Crippen LogP contribution in [0.3, 0.4) is 0 Å². The van der Waals surface area contributed by atoms with Crippen LogP contribution in [0.2, 0.25) is 0 Å². The van der Waals surface area contributed by atoms with Gasteiger partial charge in [0.1, 0.15) is 4.88 Å². The third-order valence-corrected chi connectivity index (χ3v) is 3.95. The van der Waals surface area contributed by atoms with E-state index in [0.717, 1.165) is 17.0 Å². The van der Waals surface area contributed by atoms with Crippen molar-refractivity contribution in [3.05, 3.63) is 38.5 Å². The molecular weight excluding hydrogens is 272 g/mol. The summed E-state index contributed by atoms with van der Waals surface area (Å²) < 4.78 is 0. The minimum Gasteiger partial charge on any atom is -0.477 e. The van der Waals surface area contributed by atoms with Crippen LogP contribution in [0.4, 0.5) is 0 Å². The van der Waals surface area contributed by atoms with Crippen molar-refractivity contribution in [2.45, 2.75) is 6.54 Å². The second-order valence-electron chi connectivity index (χ2n) is 3.61. The van der Waals surface area contributed by atoms with Crippen LogP contribution in [0.15, 0.2) is 23.0 Å². The minimum absolute atomic E-state index is 0.167. The standard InChI is InChI=1S/C11H10N2O3S2/c1-13(4-7-5-17-6-12-7)10(14)8-2-3-9(18-8)11(15)16/h2-3,5-6H,4H2,1H3,(H,15,16). The van der Waals surface area contributed by atoms with E-state index in [1.165, 1.54) is 28.4 Å². The second-order valence-corrected chi connectivity index (χ2v) is 5.41. The first-order valence-corrected chi connectivity index (χ1v) is 6.79. The summed E-state index contributed by atoms with van der Waals surface area (Å²) in [6, 6.07) is 2.98. The molecule has 2 rings (SSSR count). The lowest BCUT2D eigenvalue weighted by Crippen LogP contribution is -2.25. The number of hydrogen-bond acceptors (Lipinski definition) is 5. The van der Waals surface area contributed by atoms with E-state index < -0.39 is 5.97 Å². The quantitative estimate of drug-likeness (QED) is 0.933. The molecule has 2 aromatic heterocycles. The fraction of sp³-hybridized carbons (Fsp3) is 0.182. The van der Waals surface area contributed by atoms with Crippen molar-refractivity contribution in [1.82, 2.24) is 9.88 Å². The number of aromatic nitrogens is 1. The van der Waals surface area contributed by atoms with Gasteiger partial charge in [0.2, 0.25) is 0 Å². The molecule has 0 radical (unpaired) electrons. The predicted molar refractivity (Wildman–Crippen MR) is 69.2 cm³/mol. The van der Waals surface area contributed by atoms with Gasteiger partial charge in [-0.25, -0.2) is 9.78 Å². The first-order valence-electron chi connectivity index (χ1n) is 5.03. The molecule has 0 unspecified atom stereocenters. The molecule has 0 saturated carbocycles. The molecule has 1 N–H and O–H groups in total. The molecule has 0 spiro atoms. The monoisotopic (exact) mass is 282 g/mol. The van der Waals surface area contributed by atoms with E-state index in [1.54, 1.807) is 12.6 Å². The van der Waals surface area contributed by atoms with Gasteiger partial charge in [-0.05, 0) is 12.1 Å². The number of nitrogens with zero attached hydrogens (tertiary/aromatic N) is 2. The van der Waals surface area contributed by atoms with Gasteiger partial charge >= 0.3 is 5.97 Å². The number of carbonyl (C=O) groups is 2. The van der Waals surface area contributed by atoms with Gasteiger partial charge < -0.3 is 10.0 Å². The van der Waals surface area contributed by atoms with Gasteiger partial charge in [0.15, 0.2) is 0 Å². The Kier molecular flexibility index (Phi) is 3.73. The third kappa shape index (κ3) is 2.74. The number of aromatic carboxylic acids is 1. The summed E-state index contributed by atoms with van der Waals surface area (Å²) in [6.45, 7) is 0.419. The highest BCUT2D eigenvalue weighted by atomic mass is 32.1. The number of hydrogen-bond donors (Lipinski definition) is 1. The third-order valence-electron chi connectivity index (χ3n) is 2.26. The summed E-state index contributed by atoms with van der Waals surface area (Å²) in [4.78, 5) is 29.0. The molecule has 0 fully saturated rings. The van der Waals surface area contributed by atoms with Crippen LogP contribution < -0.4 is 0 Å². The normalized spacial score (nSPS) is 10.3. The smallest absolute Gasteiger partial charge is 0.345 e. The Morgan fingerprint density at radius 2 is 2.11 bits per heavy atom. The highest BCUT2D eigenvalue weighted by Crippen LogP contribution is 2.18. The molecule has 18 heavy (non-hydrogen) atoms. The zero-order valence-electron chi connectivity index (χ0n) is 9.49. The Hall–Kier alpha value is -1.73. The average molecular weight is 282 g/mol. The van der Waals surface area contributed by atoms with Crippen molar-refractivity contribution >= 4 is 34.6 Å². The Balaban J connectivity index is 2.08. The Morgan fingerprint density at radius 1 is 1.39 bits per heavy atom. The van der Waals surface area contributed by atoms with Gasteiger partial charge in [0.25, 0.3) is 5.91 Å². The van der Waals surface area contributed by atoms with Crippen LogP contribution in [0.5, 0.6) is 0 Å². The number of carboxylic acid groups (broad SMARTS) is 1. The molecule has 7 heteroatoms. The van der Waals surface area contributed by atoms with Crippen LogP contribution >= 0.6 is 22.7 Å². The van der Waals surface area contributed by atoms with Crippen molar-refractivity contribution in [2.24, 2.45) is 0 Å². The molecular formula is C11H10N2O3S2. The molecule has 0 bridgehead atoms. The van der Waals surface area contributed by atoms with Crippen LogP contribution in [-0.4, -0.2) is 33.9 Å². The topological polar surface area (TPSA) is 70.5 Å². The Labute approximate surface area is 111 Å². The number of carboxylic acids is 1. The number of thiophene rings is 1. The highest BCUT2D eigenvalue weighted by Gasteiger charge is 2.17. The lowest BCUT2D eigenvalue weighted by atomic mass is 10.3. The predicted octanol–water partition coefficient (Wildman–Crippen LogP) is 2.17. The van der Waals surface area contributed by atoms with E-state index in [4.69, 9.17) is 5.11 Å². The first-order chi connectivity index (χ1) is 8.58. The number of carbonyl (C=O) groups excluding carboxylic acids is 1. The molecule has 0 aliphatic rings. The molecule has 0 aliphatic carbocycles. The maximum absolute atomic E-state index is 12.0. The highest BCUT2D eigenvalue weighted by molar-refractivity contribution is 7.15. The summed E-state index contributed by atoms with van der Waals surface area (Å²) in [5, 5.41) is 10.7. The zero-order valence-corrected chi connectivity index (χ0v) is 11.1. The van der Waals surface area contributed by atoms with Crippen molar-refractivity contribution in [2.75, 3.05) is 7.05 Å². The average Bonchev–Trinajstić information content (AvgIpc) is 2.98. The van der Waals surface area contributed by atoms with Crippen LogP contribution in [0.25, 0.3) is 0 Å². The van der Waals surface area contributed by atoms with Gasteiger partial charge in [-0.3, -0.25) is 4.79 Å². The molecule has 0 atom stereocenters. The summed E-state index contributed by atoms with van der Waals surface area (Å²) in [5.41, 5.74) is 2.53. The number of amides is 1. The van der Waals surface area contributed by atoms with E-state index in [9.17, 15) is 9.59 Å². The van der Waals surface area contributed by atoms with E-state index in [1.807, 2.05) is 5.38 Å². The Morgan fingerprint density at radius 3 is 2.67 bits per heavy atom. The summed E-state index contributed by atoms with van der Waals surface area (Å²) in [7, 11) is 1.67. The summed E-state index contributed by atoms with van der Waals surface area (Å²) in [5.74, 6) is -1.21. The molecule has 0 saturated heterocycles. The largest absolute Gasteiger partial charge is 0.477 e. The van der Waals surface area contributed by atoms with Gasteiger partial charge in [0.05, 0.1) is 22.6 Å². The van der Waals surface area contributed by atoms with Crippen LogP contribution in [-0.2, 0) is 6.54 Å². The second kappa shape index (κ2) is 5.28. The van der Waals surface area contributed by atoms with Gasteiger partial charge in [-0.15, -0.1) is 22.7 Å². The van der Waals surface area contributed by atoms with E-state index in [2.05, 4.69) is 4.98 Å². The lowest BCUT2D eigenvalue weighted by molar-refractivity contribution is 0.0701.